The van der Waals surface area contributed by atoms with Gasteiger partial charge in [0.2, 0.25) is 0 Å². The van der Waals surface area contributed by atoms with Crippen LogP contribution in [0.15, 0.2) is 17.4 Å². The topological polar surface area (TPSA) is 55.3 Å². The molecule has 0 aromatic carbocycles. The maximum absolute atomic E-state index is 11.6. The summed E-state index contributed by atoms with van der Waals surface area (Å²) < 4.78 is 1.69. The van der Waals surface area contributed by atoms with E-state index in [2.05, 4.69) is 17.4 Å². The van der Waals surface area contributed by atoms with Crippen molar-refractivity contribution in [2.75, 3.05) is 13.2 Å². The lowest BCUT2D eigenvalue weighted by molar-refractivity contribution is 0.0332. The van der Waals surface area contributed by atoms with Crippen molar-refractivity contribution >= 4 is 11.3 Å². The molecule has 5 nitrogen and oxygen atoms in total. The molecule has 0 fully saturated rings. The maximum Gasteiger partial charge on any atom is 0.307 e. The Hall–Kier alpha value is -0.950. The minimum Gasteiger partial charge on any atom is -0.309 e. The van der Waals surface area contributed by atoms with Crippen LogP contribution < -0.4 is 15.7 Å². The van der Waals surface area contributed by atoms with E-state index >= 15 is 0 Å². The molecule has 1 aromatic rings. The van der Waals surface area contributed by atoms with E-state index in [-0.39, 0.29) is 10.9 Å². The Bertz CT molecular complexity index is 439. The average Bonchev–Trinajstić information content (AvgIpc) is 2.70. The van der Waals surface area contributed by atoms with Crippen molar-refractivity contribution in [2.24, 2.45) is 7.05 Å². The van der Waals surface area contributed by atoms with Crippen LogP contribution in [0.5, 0.6) is 0 Å². The monoisotopic (exact) mass is 271 g/mol. The molecule has 0 bridgehead atoms. The van der Waals surface area contributed by atoms with Crippen molar-refractivity contribution in [3.63, 3.8) is 0 Å². The predicted molar refractivity (Wildman–Crippen MR) is 74.6 cm³/mol. The Kier molecular flexibility index (Phi) is 6.28. The Morgan fingerprint density at radius 3 is 3.06 bits per heavy atom. The summed E-state index contributed by atoms with van der Waals surface area (Å²) in [4.78, 5) is 17.9. The lowest BCUT2D eigenvalue weighted by Gasteiger charge is -2.23. The van der Waals surface area contributed by atoms with Crippen LogP contribution in [-0.4, -0.2) is 17.7 Å². The second-order valence-corrected chi connectivity index (χ2v) is 4.63. The molecule has 0 aliphatic carbocycles. The zero-order valence-corrected chi connectivity index (χ0v) is 12.0. The third-order valence-electron chi connectivity index (χ3n) is 2.54. The molecule has 0 radical (unpaired) electrons. The van der Waals surface area contributed by atoms with Gasteiger partial charge in [-0.1, -0.05) is 31.3 Å². The number of thiazole rings is 1. The predicted octanol–water partition coefficient (Wildman–Crippen LogP) is 1.32. The summed E-state index contributed by atoms with van der Waals surface area (Å²) in [7, 11) is 1.80. The molecule has 102 valence electrons. The van der Waals surface area contributed by atoms with Crippen LogP contribution in [0, 0.1) is 0 Å². The smallest absolute Gasteiger partial charge is 0.307 e. The number of hydrogen-bond donors (Lipinski definition) is 2. The van der Waals surface area contributed by atoms with Gasteiger partial charge in [0.1, 0.15) is 0 Å². The first-order chi connectivity index (χ1) is 8.74. The quantitative estimate of drug-likeness (QED) is 0.493. The largest absolute Gasteiger partial charge is 0.309 e. The number of hydroxylamine groups is 1. The molecule has 0 amide bonds. The first-order valence-corrected chi connectivity index (χ1v) is 6.93. The van der Waals surface area contributed by atoms with Gasteiger partial charge in [0.15, 0.2) is 0 Å². The Morgan fingerprint density at radius 1 is 1.67 bits per heavy atom. The van der Waals surface area contributed by atoms with Gasteiger partial charge in [0.25, 0.3) is 0 Å². The molecule has 2 N–H and O–H groups in total. The summed E-state index contributed by atoms with van der Waals surface area (Å²) in [6, 6.07) is 0.0441. The van der Waals surface area contributed by atoms with Crippen LogP contribution in [0.1, 0.15) is 30.5 Å². The third kappa shape index (κ3) is 3.29. The van der Waals surface area contributed by atoms with Gasteiger partial charge in [0.05, 0.1) is 23.2 Å². The molecular weight excluding hydrogens is 250 g/mol. The molecule has 2 heterocycles. The highest BCUT2D eigenvalue weighted by Crippen LogP contribution is 2.24. The molecule has 1 aliphatic rings. The van der Waals surface area contributed by atoms with Gasteiger partial charge in [-0.05, 0) is 0 Å². The van der Waals surface area contributed by atoms with Gasteiger partial charge < -0.3 is 9.88 Å². The highest BCUT2D eigenvalue weighted by Gasteiger charge is 2.24. The van der Waals surface area contributed by atoms with Gasteiger partial charge in [-0.15, -0.1) is 6.58 Å². The number of hydrogen-bond acceptors (Lipinski definition) is 5. The van der Waals surface area contributed by atoms with Gasteiger partial charge in [0, 0.05) is 20.1 Å². The molecule has 1 atom stereocenters. The highest BCUT2D eigenvalue weighted by molar-refractivity contribution is 7.09. The number of aromatic nitrogens is 1. The lowest BCUT2D eigenvalue weighted by atomic mass is 10.1. The van der Waals surface area contributed by atoms with Gasteiger partial charge in [-0.2, -0.15) is 5.48 Å². The molecule has 1 aliphatic heterocycles. The van der Waals surface area contributed by atoms with E-state index in [1.54, 1.807) is 17.7 Å². The molecule has 0 saturated heterocycles. The molecule has 0 saturated carbocycles. The van der Waals surface area contributed by atoms with Crippen molar-refractivity contribution in [3.05, 3.63) is 32.9 Å². The Balaban J connectivity index is 0.000000771. The average molecular weight is 271 g/mol. The molecule has 1 aromatic heterocycles. The van der Waals surface area contributed by atoms with Crippen LogP contribution in [0.2, 0.25) is 0 Å². The Labute approximate surface area is 111 Å². The highest BCUT2D eigenvalue weighted by atomic mass is 32.1. The summed E-state index contributed by atoms with van der Waals surface area (Å²) >= 11 is 1.28. The fourth-order valence-electron chi connectivity index (χ4n) is 1.71. The lowest BCUT2D eigenvalue weighted by Crippen LogP contribution is -2.36. The van der Waals surface area contributed by atoms with Crippen molar-refractivity contribution in [3.8, 4) is 0 Å². The van der Waals surface area contributed by atoms with Crippen LogP contribution >= 0.6 is 11.3 Å². The van der Waals surface area contributed by atoms with Crippen LogP contribution in [0.4, 0.5) is 0 Å². The summed E-state index contributed by atoms with van der Waals surface area (Å²) in [6.07, 6.45) is 1.68. The summed E-state index contributed by atoms with van der Waals surface area (Å²) in [5.74, 6) is 0. The van der Waals surface area contributed by atoms with E-state index in [0.717, 1.165) is 23.7 Å². The van der Waals surface area contributed by atoms with Gasteiger partial charge in [-0.3, -0.25) is 9.63 Å². The van der Waals surface area contributed by atoms with Crippen LogP contribution in [-0.2, 0) is 18.4 Å². The molecule has 18 heavy (non-hydrogen) atoms. The van der Waals surface area contributed by atoms with E-state index in [9.17, 15) is 4.79 Å². The van der Waals surface area contributed by atoms with E-state index in [1.807, 2.05) is 13.8 Å². The van der Waals surface area contributed by atoms with Gasteiger partial charge in [-0.25, -0.2) is 0 Å². The van der Waals surface area contributed by atoms with E-state index in [0.29, 0.717) is 6.61 Å². The first kappa shape index (κ1) is 15.1. The molecule has 1 unspecified atom stereocenters. The zero-order valence-electron chi connectivity index (χ0n) is 11.2. The second kappa shape index (κ2) is 7.48. The molecule has 6 heteroatoms. The van der Waals surface area contributed by atoms with Crippen LogP contribution in [0.3, 0.4) is 0 Å². The van der Waals surface area contributed by atoms with Crippen LogP contribution in [0.25, 0.3) is 0 Å². The minimum atomic E-state index is 0.0441. The summed E-state index contributed by atoms with van der Waals surface area (Å²) in [6.45, 7) is 9.53. The van der Waals surface area contributed by atoms with Gasteiger partial charge >= 0.3 is 4.87 Å². The van der Waals surface area contributed by atoms with Crippen molar-refractivity contribution in [1.29, 1.82) is 0 Å². The maximum atomic E-state index is 11.6. The zero-order chi connectivity index (χ0) is 13.5. The summed E-state index contributed by atoms with van der Waals surface area (Å²) in [5.41, 5.74) is 3.99. The fourth-order valence-corrected chi connectivity index (χ4v) is 2.74. The number of fused-ring (bicyclic) bond motifs is 1. The van der Waals surface area contributed by atoms with E-state index in [1.165, 1.54) is 11.3 Å². The number of nitrogens with one attached hydrogen (secondary N) is 2. The van der Waals surface area contributed by atoms with Crippen molar-refractivity contribution in [1.82, 2.24) is 15.4 Å². The number of rotatable bonds is 4. The molecule has 2 rings (SSSR count). The minimum absolute atomic E-state index is 0.0441. The normalized spacial score (nSPS) is 17.6. The molecular formula is C12H21N3O2S. The summed E-state index contributed by atoms with van der Waals surface area (Å²) in [5, 5.41) is 3.25. The van der Waals surface area contributed by atoms with Crippen molar-refractivity contribution < 1.29 is 4.84 Å². The Morgan fingerprint density at radius 2 is 2.39 bits per heavy atom. The third-order valence-corrected chi connectivity index (χ3v) is 3.73. The van der Waals surface area contributed by atoms with E-state index in [4.69, 9.17) is 4.84 Å². The first-order valence-electron chi connectivity index (χ1n) is 6.11. The SMILES string of the molecule is C=CCONC1CNCc2c1sc(=O)n2C.CC. The van der Waals surface area contributed by atoms with Crippen molar-refractivity contribution in [2.45, 2.75) is 26.4 Å². The van der Waals surface area contributed by atoms with E-state index < -0.39 is 0 Å². The fraction of sp³-hybridized carbons (Fsp3) is 0.583. The second-order valence-electron chi connectivity index (χ2n) is 3.64. The standard InChI is InChI=1S/C10H15N3O2S.C2H6/c1-3-4-15-12-7-5-11-6-8-9(7)16-10(14)13(8)2;1-2/h3,7,11-12H,1,4-6H2,2H3;1-2H3. The number of nitrogens with zero attached hydrogens (tertiary/aromatic N) is 1. The molecule has 0 spiro atoms.